The zero-order chi connectivity index (χ0) is 10.7. The average Bonchev–Trinajstić information content (AvgIpc) is 2.66. The fourth-order valence-electron chi connectivity index (χ4n) is 1.65. The predicted octanol–water partition coefficient (Wildman–Crippen LogP) is 1.29. The number of nitrogens with zero attached hydrogens (tertiary/aromatic N) is 1. The molecule has 0 unspecified atom stereocenters. The van der Waals surface area contributed by atoms with Crippen LogP contribution in [0.5, 0.6) is 0 Å². The van der Waals surface area contributed by atoms with Crippen LogP contribution in [0.2, 0.25) is 0 Å². The van der Waals surface area contributed by atoms with Crippen LogP contribution in [0.15, 0.2) is 30.3 Å². The quantitative estimate of drug-likeness (QED) is 0.727. The van der Waals surface area contributed by atoms with Crippen LogP contribution in [0, 0.1) is 0 Å². The molecule has 1 aliphatic heterocycles. The van der Waals surface area contributed by atoms with E-state index in [2.05, 4.69) is 5.32 Å². The minimum absolute atomic E-state index is 0.141. The number of β-amino-alcohol motifs (C(OH)–C–C–N with tert-alkyl or cyclic N) is 1. The zero-order valence-corrected chi connectivity index (χ0v) is 8.39. The van der Waals surface area contributed by atoms with Gasteiger partial charge in [-0.15, -0.1) is 0 Å². The van der Waals surface area contributed by atoms with Gasteiger partial charge in [-0.3, -0.25) is 0 Å². The van der Waals surface area contributed by atoms with Crippen molar-refractivity contribution in [2.24, 2.45) is 0 Å². The number of likely N-dealkylation sites (tertiary alicyclic amines) is 1. The number of para-hydroxylation sites is 1. The monoisotopic (exact) mass is 206 g/mol. The fourth-order valence-corrected chi connectivity index (χ4v) is 1.65. The maximum absolute atomic E-state index is 11.7. The van der Waals surface area contributed by atoms with E-state index in [0.29, 0.717) is 19.5 Å². The number of rotatable bonds is 1. The Hall–Kier alpha value is -1.55. The topological polar surface area (TPSA) is 52.6 Å². The van der Waals surface area contributed by atoms with Crippen molar-refractivity contribution in [1.29, 1.82) is 0 Å². The Balaban J connectivity index is 1.93. The molecule has 0 saturated carbocycles. The van der Waals surface area contributed by atoms with E-state index in [1.807, 2.05) is 30.3 Å². The lowest BCUT2D eigenvalue weighted by Gasteiger charge is -2.16. The Morgan fingerprint density at radius 3 is 2.73 bits per heavy atom. The number of aliphatic hydroxyl groups is 1. The molecule has 0 aromatic heterocycles. The van der Waals surface area contributed by atoms with Gasteiger partial charge in [0.25, 0.3) is 0 Å². The van der Waals surface area contributed by atoms with E-state index in [1.165, 1.54) is 0 Å². The van der Waals surface area contributed by atoms with E-state index in [1.54, 1.807) is 4.90 Å². The molecule has 2 rings (SSSR count). The zero-order valence-electron chi connectivity index (χ0n) is 8.39. The molecule has 2 amide bonds. The summed E-state index contributed by atoms with van der Waals surface area (Å²) >= 11 is 0. The van der Waals surface area contributed by atoms with E-state index in [9.17, 15) is 9.90 Å². The molecule has 1 aliphatic rings. The third-order valence-electron chi connectivity index (χ3n) is 2.48. The van der Waals surface area contributed by atoms with Gasteiger partial charge in [0, 0.05) is 18.8 Å². The van der Waals surface area contributed by atoms with Crippen molar-refractivity contribution in [2.45, 2.75) is 12.5 Å². The standard InChI is InChI=1S/C11H14N2O2/c14-10-6-7-13(8-10)11(15)12-9-4-2-1-3-5-9/h1-5,10,14H,6-8H2,(H,12,15)/t10-/m1/s1. The van der Waals surface area contributed by atoms with E-state index in [0.717, 1.165) is 5.69 Å². The van der Waals surface area contributed by atoms with Gasteiger partial charge in [-0.05, 0) is 18.6 Å². The van der Waals surface area contributed by atoms with Gasteiger partial charge >= 0.3 is 6.03 Å². The normalized spacial score (nSPS) is 20.3. The molecule has 15 heavy (non-hydrogen) atoms. The molecule has 0 bridgehead atoms. The number of anilines is 1. The number of aliphatic hydroxyl groups excluding tert-OH is 1. The first-order chi connectivity index (χ1) is 7.25. The Kier molecular flexibility index (Phi) is 2.87. The second-order valence-electron chi connectivity index (χ2n) is 3.68. The number of nitrogens with one attached hydrogen (secondary N) is 1. The maximum Gasteiger partial charge on any atom is 0.321 e. The van der Waals surface area contributed by atoms with E-state index < -0.39 is 0 Å². The lowest BCUT2D eigenvalue weighted by Crippen LogP contribution is -2.33. The van der Waals surface area contributed by atoms with Crippen molar-refractivity contribution >= 4 is 11.7 Å². The lowest BCUT2D eigenvalue weighted by atomic mass is 10.3. The number of amides is 2. The molecule has 1 aromatic carbocycles. The molecular weight excluding hydrogens is 192 g/mol. The number of urea groups is 1. The summed E-state index contributed by atoms with van der Waals surface area (Å²) in [7, 11) is 0. The van der Waals surface area contributed by atoms with Crippen LogP contribution in [0.25, 0.3) is 0 Å². The molecule has 0 radical (unpaired) electrons. The van der Waals surface area contributed by atoms with Crippen LogP contribution in [0.4, 0.5) is 10.5 Å². The molecule has 4 heteroatoms. The van der Waals surface area contributed by atoms with Gasteiger partial charge in [-0.2, -0.15) is 0 Å². The molecule has 0 spiro atoms. The molecule has 80 valence electrons. The van der Waals surface area contributed by atoms with Crippen molar-refractivity contribution in [3.05, 3.63) is 30.3 Å². The molecule has 1 aromatic rings. The summed E-state index contributed by atoms with van der Waals surface area (Å²) < 4.78 is 0. The van der Waals surface area contributed by atoms with Crippen molar-refractivity contribution < 1.29 is 9.90 Å². The van der Waals surface area contributed by atoms with Gasteiger partial charge < -0.3 is 15.3 Å². The van der Waals surface area contributed by atoms with Gasteiger partial charge in [0.05, 0.1) is 6.10 Å². The first kappa shape index (κ1) is 9.98. The lowest BCUT2D eigenvalue weighted by molar-refractivity contribution is 0.176. The number of carbonyl (C=O) groups is 1. The van der Waals surface area contributed by atoms with E-state index in [-0.39, 0.29) is 12.1 Å². The second-order valence-corrected chi connectivity index (χ2v) is 3.68. The van der Waals surface area contributed by atoms with Crippen LogP contribution >= 0.6 is 0 Å². The first-order valence-electron chi connectivity index (χ1n) is 5.05. The van der Waals surface area contributed by atoms with Crippen LogP contribution in [-0.2, 0) is 0 Å². The first-order valence-corrected chi connectivity index (χ1v) is 5.05. The molecule has 4 nitrogen and oxygen atoms in total. The van der Waals surface area contributed by atoms with Gasteiger partial charge in [-0.25, -0.2) is 4.79 Å². The third-order valence-corrected chi connectivity index (χ3v) is 2.48. The highest BCUT2D eigenvalue weighted by Crippen LogP contribution is 2.12. The van der Waals surface area contributed by atoms with Crippen molar-refractivity contribution in [2.75, 3.05) is 18.4 Å². The van der Waals surface area contributed by atoms with Crippen LogP contribution < -0.4 is 5.32 Å². The van der Waals surface area contributed by atoms with Gasteiger partial charge in [0.15, 0.2) is 0 Å². The van der Waals surface area contributed by atoms with Gasteiger partial charge in [0.1, 0.15) is 0 Å². The summed E-state index contributed by atoms with van der Waals surface area (Å²) in [6.45, 7) is 1.05. The minimum Gasteiger partial charge on any atom is -0.391 e. The molecule has 1 atom stereocenters. The van der Waals surface area contributed by atoms with Gasteiger partial charge in [-0.1, -0.05) is 18.2 Å². The summed E-state index contributed by atoms with van der Waals surface area (Å²) in [5, 5.41) is 12.1. The summed E-state index contributed by atoms with van der Waals surface area (Å²) in [4.78, 5) is 13.3. The smallest absolute Gasteiger partial charge is 0.321 e. The average molecular weight is 206 g/mol. The Bertz CT molecular complexity index is 340. The van der Waals surface area contributed by atoms with Crippen molar-refractivity contribution in [1.82, 2.24) is 4.90 Å². The summed E-state index contributed by atoms with van der Waals surface area (Å²) in [6, 6.07) is 9.17. The summed E-state index contributed by atoms with van der Waals surface area (Å²) in [5.41, 5.74) is 0.781. The van der Waals surface area contributed by atoms with Crippen LogP contribution in [0.1, 0.15) is 6.42 Å². The maximum atomic E-state index is 11.7. The van der Waals surface area contributed by atoms with E-state index in [4.69, 9.17) is 0 Å². The molecule has 1 heterocycles. The Morgan fingerprint density at radius 2 is 2.13 bits per heavy atom. The highest BCUT2D eigenvalue weighted by atomic mass is 16.3. The predicted molar refractivity (Wildman–Crippen MR) is 57.7 cm³/mol. The largest absolute Gasteiger partial charge is 0.391 e. The number of carbonyl (C=O) groups excluding carboxylic acids is 1. The van der Waals surface area contributed by atoms with Crippen LogP contribution in [-0.4, -0.2) is 35.2 Å². The molecule has 0 aliphatic carbocycles. The number of hydrogen-bond acceptors (Lipinski definition) is 2. The van der Waals surface area contributed by atoms with Crippen LogP contribution in [0.3, 0.4) is 0 Å². The molecule has 1 saturated heterocycles. The van der Waals surface area contributed by atoms with Gasteiger partial charge in [0.2, 0.25) is 0 Å². The number of benzene rings is 1. The Morgan fingerprint density at radius 1 is 1.40 bits per heavy atom. The third kappa shape index (κ3) is 2.47. The second kappa shape index (κ2) is 4.31. The molecule has 2 N–H and O–H groups in total. The van der Waals surface area contributed by atoms with E-state index >= 15 is 0 Å². The SMILES string of the molecule is O=C(Nc1ccccc1)N1CC[C@@H](O)C1. The van der Waals surface area contributed by atoms with Crippen molar-refractivity contribution in [3.8, 4) is 0 Å². The highest BCUT2D eigenvalue weighted by molar-refractivity contribution is 5.89. The molecule has 1 fully saturated rings. The van der Waals surface area contributed by atoms with Crippen molar-refractivity contribution in [3.63, 3.8) is 0 Å². The number of hydrogen-bond donors (Lipinski definition) is 2. The fraction of sp³-hybridized carbons (Fsp3) is 0.364. The Labute approximate surface area is 88.5 Å². The summed E-state index contributed by atoms with van der Waals surface area (Å²) in [6.07, 6.45) is 0.300. The minimum atomic E-state index is -0.369. The summed E-state index contributed by atoms with van der Waals surface area (Å²) in [5.74, 6) is 0. The molecular formula is C11H14N2O2. The highest BCUT2D eigenvalue weighted by Gasteiger charge is 2.24.